The van der Waals surface area contributed by atoms with Crippen LogP contribution in [0.1, 0.15) is 71.2 Å². The van der Waals surface area contributed by atoms with Gasteiger partial charge in [-0.1, -0.05) is 0 Å². The van der Waals surface area contributed by atoms with E-state index in [1.54, 1.807) is 65.8 Å². The SMILES string of the molecule is COC1C(OC(=O)c2ccc(C)[nH]2)C(O)C(Oc2ccc3c(O)c(NC(=O)COCCOCC(=O)Nc4c(O)c5ccc(OC6OC(C)(C)C(OC)C(OC(=O)c7ccc(C)[nH]7)C6O)c(C)c5oc4=O)c(=O)oc3c2C)OC1(C)C. The first kappa shape index (κ1) is 58.3. The third-order valence-corrected chi connectivity index (χ3v) is 13.5. The van der Waals surface area contributed by atoms with Crippen LogP contribution < -0.4 is 31.4 Å². The number of methoxy groups -OCH3 is 2. The van der Waals surface area contributed by atoms with E-state index in [1.807, 2.05) is 0 Å². The third-order valence-electron chi connectivity index (χ3n) is 13.5. The van der Waals surface area contributed by atoms with E-state index in [-0.39, 0.29) is 69.2 Å². The number of aliphatic hydroxyl groups excluding tert-OH is 2. The molecule has 8 rings (SSSR count). The van der Waals surface area contributed by atoms with Gasteiger partial charge in [0.1, 0.15) is 59.5 Å². The Hall–Kier alpha value is -7.82. The highest BCUT2D eigenvalue weighted by atomic mass is 16.7. The van der Waals surface area contributed by atoms with E-state index in [1.165, 1.54) is 52.3 Å². The second-order valence-electron chi connectivity index (χ2n) is 20.1. The lowest BCUT2D eigenvalue weighted by Gasteiger charge is -2.47. The molecule has 8 N–H and O–H groups in total. The van der Waals surface area contributed by atoms with Crippen molar-refractivity contribution in [3.63, 3.8) is 0 Å². The number of aromatic hydroxyl groups is 2. The Kier molecular flexibility index (Phi) is 17.1. The topological polar surface area (TPSA) is 358 Å². The van der Waals surface area contributed by atoms with Gasteiger partial charge in [-0.3, -0.25) is 9.59 Å². The predicted molar refractivity (Wildman–Crippen MR) is 279 cm³/mol. The average Bonchev–Trinajstić information content (AvgIpc) is 4.06. The van der Waals surface area contributed by atoms with E-state index >= 15 is 0 Å². The lowest BCUT2D eigenvalue weighted by Crippen LogP contribution is -2.65. The molecule has 26 heteroatoms. The van der Waals surface area contributed by atoms with Gasteiger partial charge in [-0.15, -0.1) is 0 Å². The first-order valence-electron chi connectivity index (χ1n) is 25.0. The van der Waals surface area contributed by atoms with Crippen molar-refractivity contribution < 1.29 is 95.8 Å². The zero-order valence-corrected chi connectivity index (χ0v) is 45.2. The quantitative estimate of drug-likeness (QED) is 0.0322. The number of aromatic amines is 2. The van der Waals surface area contributed by atoms with Crippen LogP contribution in [0.2, 0.25) is 0 Å². The van der Waals surface area contributed by atoms with E-state index < -0.39 is 131 Å². The van der Waals surface area contributed by atoms with E-state index in [0.717, 1.165) is 11.4 Å². The second-order valence-corrected chi connectivity index (χ2v) is 20.1. The van der Waals surface area contributed by atoms with Gasteiger partial charge in [0.05, 0.1) is 35.2 Å². The van der Waals surface area contributed by atoms with Crippen LogP contribution in [0.3, 0.4) is 0 Å². The Balaban J connectivity index is 0.824. The summed E-state index contributed by atoms with van der Waals surface area (Å²) < 4.78 is 68.6. The maximum absolute atomic E-state index is 13.2. The number of benzene rings is 2. The molecular weight excluding hydrogens is 1060 g/mol. The number of ether oxygens (including phenoxy) is 10. The first-order valence-corrected chi connectivity index (χ1v) is 25.0. The number of fused-ring (bicyclic) bond motifs is 2. The van der Waals surface area contributed by atoms with Crippen LogP contribution in [0.5, 0.6) is 23.0 Å². The standard InChI is InChI=1S/C54H62N4O22/c1-23-11-15-29(55-23)47(65)77-43-39(63)51(79-53(5,6)45(43)69-9)73-31-17-13-27-37(61)35(49(67)75-41(27)25(31)3)57-33(59)21-71-19-20-72-22-34(60)58-36-38(62)28-14-18-32(26(4)42(28)76-50(36)68)74-52-40(64)44(46(70-10)54(7,8)80-52)78-48(66)30-16-12-24(2)56-30/h11-18,39-40,43-46,51-52,55-56,61-64H,19-22H2,1-10H3,(H,57,59)(H,58,60). The number of esters is 2. The molecule has 2 saturated heterocycles. The van der Waals surface area contributed by atoms with Crippen molar-refractivity contribution in [1.82, 2.24) is 9.97 Å². The van der Waals surface area contributed by atoms with E-state index in [2.05, 4.69) is 20.6 Å². The molecule has 2 aliphatic heterocycles. The summed E-state index contributed by atoms with van der Waals surface area (Å²) in [4.78, 5) is 83.8. The number of hydrogen-bond donors (Lipinski definition) is 8. The Morgan fingerprint density at radius 2 is 0.963 bits per heavy atom. The molecule has 2 aromatic carbocycles. The van der Waals surface area contributed by atoms with Crippen molar-refractivity contribution >= 4 is 57.1 Å². The normalized spacial score (nSPS) is 22.4. The van der Waals surface area contributed by atoms with Crippen molar-refractivity contribution in [3.05, 3.63) is 103 Å². The molecule has 8 atom stereocenters. The number of anilines is 2. The Morgan fingerprint density at radius 1 is 0.588 bits per heavy atom. The van der Waals surface area contributed by atoms with Crippen molar-refractivity contribution in [1.29, 1.82) is 0 Å². The summed E-state index contributed by atoms with van der Waals surface area (Å²) >= 11 is 0. The number of carbonyl (C=O) groups excluding carboxylic acids is 4. The minimum absolute atomic E-state index is 0.0116. The van der Waals surface area contributed by atoms with Gasteiger partial charge in [0.2, 0.25) is 12.6 Å². The molecule has 2 aliphatic rings. The van der Waals surface area contributed by atoms with E-state index in [9.17, 15) is 49.2 Å². The monoisotopic (exact) mass is 1120 g/mol. The lowest BCUT2D eigenvalue weighted by molar-refractivity contribution is -0.305. The summed E-state index contributed by atoms with van der Waals surface area (Å²) in [7, 11) is 2.77. The molecule has 0 saturated carbocycles. The Labute approximate surface area is 455 Å². The molecule has 2 fully saturated rings. The molecule has 8 unspecified atom stereocenters. The second kappa shape index (κ2) is 23.5. The van der Waals surface area contributed by atoms with Gasteiger partial charge < -0.3 is 97.2 Å². The van der Waals surface area contributed by atoms with Crippen LogP contribution >= 0.6 is 0 Å². The number of H-pyrrole nitrogens is 2. The summed E-state index contributed by atoms with van der Waals surface area (Å²) in [5.41, 5.74) is -3.80. The van der Waals surface area contributed by atoms with Gasteiger partial charge in [0, 0.05) is 36.7 Å². The van der Waals surface area contributed by atoms with Crippen molar-refractivity contribution in [2.75, 3.05) is 51.3 Å². The number of aryl methyl sites for hydroxylation is 4. The van der Waals surface area contributed by atoms with Gasteiger partial charge in [-0.2, -0.15) is 0 Å². The van der Waals surface area contributed by atoms with Crippen LogP contribution in [0.4, 0.5) is 11.4 Å². The highest BCUT2D eigenvalue weighted by Crippen LogP contribution is 2.41. The summed E-state index contributed by atoms with van der Waals surface area (Å²) in [5, 5.41) is 49.6. The number of aromatic nitrogens is 2. The van der Waals surface area contributed by atoms with Crippen LogP contribution in [-0.2, 0) is 47.5 Å². The summed E-state index contributed by atoms with van der Waals surface area (Å²) in [5.74, 6) is -4.33. The van der Waals surface area contributed by atoms with Gasteiger partial charge >= 0.3 is 23.2 Å². The van der Waals surface area contributed by atoms with Gasteiger partial charge in [-0.25, -0.2) is 19.2 Å². The van der Waals surface area contributed by atoms with E-state index in [0.29, 0.717) is 0 Å². The maximum Gasteiger partial charge on any atom is 0.364 e. The number of hydrogen-bond acceptors (Lipinski definition) is 22. The molecule has 0 radical (unpaired) electrons. The third kappa shape index (κ3) is 12.0. The molecule has 6 heterocycles. The number of amides is 2. The Bertz CT molecular complexity index is 3210. The largest absolute Gasteiger partial charge is 0.505 e. The fraction of sp³-hybridized carbons (Fsp3) is 0.444. The maximum atomic E-state index is 13.2. The number of aliphatic hydroxyl groups is 2. The fourth-order valence-corrected chi connectivity index (χ4v) is 9.50. The zero-order valence-electron chi connectivity index (χ0n) is 45.2. The van der Waals surface area contributed by atoms with Crippen molar-refractivity contribution in [2.24, 2.45) is 0 Å². The number of nitrogens with one attached hydrogen (secondary N) is 4. The molecular formula is C54H62N4O22. The Morgan fingerprint density at radius 3 is 1.30 bits per heavy atom. The van der Waals surface area contributed by atoms with Crippen molar-refractivity contribution in [2.45, 2.75) is 116 Å². The fourth-order valence-electron chi connectivity index (χ4n) is 9.50. The summed E-state index contributed by atoms with van der Waals surface area (Å²) in [6.45, 7) is 11.5. The van der Waals surface area contributed by atoms with E-state index in [4.69, 9.17) is 56.2 Å². The molecule has 430 valence electrons. The lowest BCUT2D eigenvalue weighted by atomic mass is 9.89. The van der Waals surface area contributed by atoms with Crippen molar-refractivity contribution in [3.8, 4) is 23.0 Å². The number of carbonyl (C=O) groups is 4. The molecule has 4 aromatic heterocycles. The average molecular weight is 1120 g/mol. The molecule has 80 heavy (non-hydrogen) atoms. The van der Waals surface area contributed by atoms with Crippen LogP contribution in [0, 0.1) is 27.7 Å². The minimum atomic E-state index is -1.57. The molecule has 0 spiro atoms. The number of rotatable bonds is 19. The smallest absolute Gasteiger partial charge is 0.364 e. The van der Waals surface area contributed by atoms with Gasteiger partial charge in [0.25, 0.3) is 11.8 Å². The van der Waals surface area contributed by atoms with Crippen LogP contribution in [0.25, 0.3) is 21.9 Å². The predicted octanol–water partition coefficient (Wildman–Crippen LogP) is 4.04. The zero-order chi connectivity index (χ0) is 58.1. The summed E-state index contributed by atoms with van der Waals surface area (Å²) in [6.07, 6.45) is -10.3. The summed E-state index contributed by atoms with van der Waals surface area (Å²) in [6, 6.07) is 12.0. The van der Waals surface area contributed by atoms with Gasteiger partial charge in [-0.05, 0) is 104 Å². The minimum Gasteiger partial charge on any atom is -0.505 e. The highest BCUT2D eigenvalue weighted by Gasteiger charge is 2.55. The van der Waals surface area contributed by atoms with Crippen LogP contribution in [-0.4, -0.2) is 155 Å². The molecule has 2 amide bonds. The molecule has 6 aromatic rings. The van der Waals surface area contributed by atoms with Crippen LogP contribution in [0.15, 0.2) is 67.0 Å². The molecule has 0 bridgehead atoms. The highest BCUT2D eigenvalue weighted by molar-refractivity contribution is 5.99. The molecule has 26 nitrogen and oxygen atoms in total. The first-order chi connectivity index (χ1) is 37.8. The van der Waals surface area contributed by atoms with Gasteiger partial charge in [0.15, 0.2) is 47.3 Å². The molecule has 0 aliphatic carbocycles.